The van der Waals surface area contributed by atoms with Gasteiger partial charge >= 0.3 is 5.97 Å². The summed E-state index contributed by atoms with van der Waals surface area (Å²) in [6, 6.07) is 0. The Morgan fingerprint density at radius 1 is 1.20 bits per heavy atom. The van der Waals surface area contributed by atoms with Gasteiger partial charge in [-0.1, -0.05) is 34.6 Å². The summed E-state index contributed by atoms with van der Waals surface area (Å²) < 4.78 is 5.21. The van der Waals surface area contributed by atoms with E-state index in [4.69, 9.17) is 4.43 Å². The van der Waals surface area contributed by atoms with Gasteiger partial charge in [0.05, 0.1) is 5.41 Å². The summed E-state index contributed by atoms with van der Waals surface area (Å²) in [5.74, 6) is -0.779. The Balaban J connectivity index is 5.35. The Labute approximate surface area is 95.8 Å². The number of carbonyl (C=O) groups is 1. The number of rotatable bonds is 4. The van der Waals surface area contributed by atoms with Gasteiger partial charge in [0, 0.05) is 6.61 Å². The monoisotopic (exact) mass is 232 g/mol. The Morgan fingerprint density at radius 3 is 1.80 bits per heavy atom. The molecule has 0 aliphatic rings. The molecule has 1 atom stereocenters. The molecule has 0 spiro atoms. The van der Waals surface area contributed by atoms with Crippen LogP contribution in [0.25, 0.3) is 0 Å². The number of aliphatic carboxylic acids is 1. The number of carboxylic acids is 1. The molecule has 15 heavy (non-hydrogen) atoms. The zero-order chi connectivity index (χ0) is 12.5. The lowest BCUT2D eigenvalue weighted by Crippen LogP contribution is -2.52. The van der Waals surface area contributed by atoms with E-state index in [2.05, 4.69) is 20.8 Å². The van der Waals surface area contributed by atoms with E-state index in [1.807, 2.05) is 13.8 Å². The second-order valence-corrected chi connectivity index (χ2v) is 6.52. The fraction of sp³-hybridized carbons (Fsp3) is 0.909. The number of hydrogen-bond donors (Lipinski definition) is 1. The van der Waals surface area contributed by atoms with Crippen LogP contribution in [0.5, 0.6) is 0 Å². The quantitative estimate of drug-likeness (QED) is 0.746. The minimum atomic E-state index is -0.840. The van der Waals surface area contributed by atoms with Crippen molar-refractivity contribution < 1.29 is 14.3 Å². The minimum Gasteiger partial charge on any atom is -0.481 e. The Bertz CT molecular complexity index is 243. The molecular weight excluding hydrogens is 208 g/mol. The van der Waals surface area contributed by atoms with E-state index in [0.29, 0.717) is 17.1 Å². The largest absolute Gasteiger partial charge is 0.481 e. The Morgan fingerprint density at radius 2 is 1.60 bits per heavy atom. The lowest BCUT2D eigenvalue weighted by Gasteiger charge is -2.49. The summed E-state index contributed by atoms with van der Waals surface area (Å²) in [5.41, 5.74) is -1.26. The molecule has 0 saturated heterocycles. The summed E-state index contributed by atoms with van der Waals surface area (Å²) in [5, 5.41) is 9.40. The highest BCUT2D eigenvalue weighted by molar-refractivity contribution is 5.98. The third-order valence-electron chi connectivity index (χ3n) is 4.16. The predicted molar refractivity (Wildman–Crippen MR) is 64.9 cm³/mol. The molecule has 0 heterocycles. The maximum atomic E-state index is 11.4. The van der Waals surface area contributed by atoms with Crippen LogP contribution in [0.3, 0.4) is 0 Å². The topological polar surface area (TPSA) is 46.5 Å². The highest BCUT2D eigenvalue weighted by Gasteiger charge is 2.53. The molecule has 4 heteroatoms. The zero-order valence-corrected chi connectivity index (χ0v) is 13.0. The lowest BCUT2D eigenvalue weighted by atomic mass is 9.55. The molecule has 1 unspecified atom stereocenters. The van der Waals surface area contributed by atoms with Gasteiger partial charge in [0.2, 0.25) is 0 Å². The summed E-state index contributed by atoms with van der Waals surface area (Å²) >= 11 is 0. The van der Waals surface area contributed by atoms with Crippen molar-refractivity contribution >= 4 is 16.5 Å². The van der Waals surface area contributed by atoms with Crippen molar-refractivity contribution in [1.29, 1.82) is 0 Å². The van der Waals surface area contributed by atoms with Crippen molar-refractivity contribution in [2.24, 2.45) is 16.2 Å². The number of carboxylic acid groups (broad SMARTS) is 1. The summed E-state index contributed by atoms with van der Waals surface area (Å²) in [6.07, 6.45) is 0. The molecule has 3 nitrogen and oxygen atoms in total. The van der Waals surface area contributed by atoms with E-state index in [-0.39, 0.29) is 10.8 Å². The first-order valence-electron chi connectivity index (χ1n) is 5.23. The van der Waals surface area contributed by atoms with Crippen molar-refractivity contribution in [2.45, 2.75) is 41.5 Å². The predicted octanol–water partition coefficient (Wildman–Crippen LogP) is 1.45. The molecule has 0 rings (SSSR count). The smallest absolute Gasteiger partial charge is 0.312 e. The summed E-state index contributed by atoms with van der Waals surface area (Å²) in [6.45, 7) is 12.3. The molecule has 0 fully saturated rings. The van der Waals surface area contributed by atoms with Gasteiger partial charge in [-0.15, -0.1) is 0 Å². The zero-order valence-electron chi connectivity index (χ0n) is 11.0. The van der Waals surface area contributed by atoms with Crippen LogP contribution < -0.4 is 0 Å². The lowest BCUT2D eigenvalue weighted by molar-refractivity contribution is -0.165. The van der Waals surface area contributed by atoms with Gasteiger partial charge in [-0.25, -0.2) is 0 Å². The maximum absolute atomic E-state index is 11.4. The molecule has 0 bridgehead atoms. The second kappa shape index (κ2) is 4.26. The standard InChI is InChI=1S/C11H24O3Si/c1-9(2,3)10(4,5)11(6,7-14-15)8(12)13/h7H2,1-6,15H3,(H,12,13). The average molecular weight is 232 g/mol. The van der Waals surface area contributed by atoms with Gasteiger partial charge in [-0.05, 0) is 17.8 Å². The van der Waals surface area contributed by atoms with Gasteiger partial charge < -0.3 is 9.53 Å². The average Bonchev–Trinajstić information content (AvgIpc) is 2.01. The van der Waals surface area contributed by atoms with Gasteiger partial charge in [0.1, 0.15) is 10.5 Å². The van der Waals surface area contributed by atoms with Crippen LogP contribution in [0.4, 0.5) is 0 Å². The van der Waals surface area contributed by atoms with Crippen molar-refractivity contribution in [3.63, 3.8) is 0 Å². The van der Waals surface area contributed by atoms with Crippen LogP contribution in [0.1, 0.15) is 41.5 Å². The van der Waals surface area contributed by atoms with Gasteiger partial charge in [0.25, 0.3) is 0 Å². The molecule has 0 saturated carbocycles. The molecule has 90 valence electrons. The normalized spacial score (nSPS) is 17.5. The van der Waals surface area contributed by atoms with Gasteiger partial charge in [0.15, 0.2) is 0 Å². The maximum Gasteiger partial charge on any atom is 0.312 e. The molecule has 0 aliphatic heterocycles. The molecule has 0 radical (unpaired) electrons. The first-order chi connectivity index (χ1) is 6.50. The van der Waals surface area contributed by atoms with Gasteiger partial charge in [-0.3, -0.25) is 4.79 Å². The van der Waals surface area contributed by atoms with Crippen LogP contribution in [-0.4, -0.2) is 28.2 Å². The number of hydrogen-bond acceptors (Lipinski definition) is 2. The fourth-order valence-corrected chi connectivity index (χ4v) is 2.20. The third kappa shape index (κ3) is 2.42. The van der Waals surface area contributed by atoms with E-state index in [1.54, 1.807) is 6.92 Å². The van der Waals surface area contributed by atoms with E-state index < -0.39 is 11.4 Å². The van der Waals surface area contributed by atoms with Crippen molar-refractivity contribution in [3.8, 4) is 0 Å². The van der Waals surface area contributed by atoms with Crippen molar-refractivity contribution in [3.05, 3.63) is 0 Å². The highest BCUT2D eigenvalue weighted by Crippen LogP contribution is 2.51. The highest BCUT2D eigenvalue weighted by atomic mass is 28.2. The second-order valence-electron chi connectivity index (χ2n) is 5.95. The van der Waals surface area contributed by atoms with Crippen LogP contribution in [0.2, 0.25) is 0 Å². The molecular formula is C11H24O3Si. The SMILES string of the molecule is CC(C)(C)C(C)(C)C(C)(CO[SiH3])C(=O)O. The Kier molecular flexibility index (Phi) is 4.16. The van der Waals surface area contributed by atoms with E-state index in [0.717, 1.165) is 0 Å². The minimum absolute atomic E-state index is 0.0831. The first-order valence-corrected chi connectivity index (χ1v) is 6.04. The molecule has 0 aromatic rings. The first kappa shape index (κ1) is 14.6. The van der Waals surface area contributed by atoms with Crippen LogP contribution in [0.15, 0.2) is 0 Å². The van der Waals surface area contributed by atoms with E-state index >= 15 is 0 Å². The van der Waals surface area contributed by atoms with E-state index in [1.165, 1.54) is 0 Å². The molecule has 1 N–H and O–H groups in total. The van der Waals surface area contributed by atoms with Gasteiger partial charge in [-0.2, -0.15) is 0 Å². The third-order valence-corrected chi connectivity index (χ3v) is 4.45. The molecule has 0 aliphatic carbocycles. The molecule has 0 amide bonds. The van der Waals surface area contributed by atoms with E-state index in [9.17, 15) is 9.90 Å². The van der Waals surface area contributed by atoms with Crippen LogP contribution in [0, 0.1) is 16.2 Å². The van der Waals surface area contributed by atoms with Crippen LogP contribution in [-0.2, 0) is 9.22 Å². The Hall–Kier alpha value is -0.353. The molecule has 0 aromatic heterocycles. The molecule has 0 aromatic carbocycles. The summed E-state index contributed by atoms with van der Waals surface area (Å²) in [7, 11) is 0.573. The fourth-order valence-electron chi connectivity index (χ4n) is 1.63. The van der Waals surface area contributed by atoms with Crippen molar-refractivity contribution in [2.75, 3.05) is 6.61 Å². The van der Waals surface area contributed by atoms with Crippen LogP contribution >= 0.6 is 0 Å². The summed E-state index contributed by atoms with van der Waals surface area (Å²) in [4.78, 5) is 11.4. The van der Waals surface area contributed by atoms with Crippen molar-refractivity contribution in [1.82, 2.24) is 0 Å².